The number of hydrogen-bond acceptors (Lipinski definition) is 5. The Bertz CT molecular complexity index is 1220. The van der Waals surface area contributed by atoms with E-state index in [-0.39, 0.29) is 5.82 Å². The molecule has 8 heteroatoms. The molecule has 0 unspecified atom stereocenters. The third-order valence-corrected chi connectivity index (χ3v) is 6.10. The molecule has 1 aliphatic heterocycles. The van der Waals surface area contributed by atoms with Gasteiger partial charge < -0.3 is 19.8 Å². The lowest BCUT2D eigenvalue weighted by Crippen LogP contribution is -2.14. The minimum atomic E-state index is -0.326. The number of nitrogens with two attached hydrogens (primary N) is 1. The summed E-state index contributed by atoms with van der Waals surface area (Å²) in [6, 6.07) is 12.2. The van der Waals surface area contributed by atoms with Crippen LogP contribution >= 0.6 is 22.6 Å². The van der Waals surface area contributed by atoms with Crippen LogP contribution in [0.1, 0.15) is 24.3 Å². The van der Waals surface area contributed by atoms with Crippen LogP contribution in [-0.2, 0) is 4.74 Å². The number of hydrogen-bond donors (Lipinski definition) is 1. The highest BCUT2D eigenvalue weighted by atomic mass is 127. The number of anilines is 1. The first-order chi connectivity index (χ1) is 15.1. The van der Waals surface area contributed by atoms with Gasteiger partial charge in [-0.2, -0.15) is 0 Å². The number of aromatic nitrogens is 3. The fourth-order valence-corrected chi connectivity index (χ4v) is 4.62. The first-order valence-corrected chi connectivity index (χ1v) is 11.1. The normalized spacial score (nSPS) is 14.8. The van der Waals surface area contributed by atoms with Crippen molar-refractivity contribution in [1.82, 2.24) is 14.5 Å². The van der Waals surface area contributed by atoms with Crippen LogP contribution in [0, 0.1) is 9.39 Å². The smallest absolute Gasteiger partial charge is 0.151 e. The monoisotopic (exact) mass is 530 g/mol. The molecule has 0 aliphatic carbocycles. The molecular weight excluding hydrogens is 510 g/mol. The highest BCUT2D eigenvalue weighted by Crippen LogP contribution is 2.36. The fourth-order valence-electron chi connectivity index (χ4n) is 4.02. The lowest BCUT2D eigenvalue weighted by Gasteiger charge is -2.21. The van der Waals surface area contributed by atoms with Crippen LogP contribution < -0.4 is 10.5 Å². The van der Waals surface area contributed by atoms with E-state index < -0.39 is 0 Å². The summed E-state index contributed by atoms with van der Waals surface area (Å²) in [5.74, 6) is 1.58. The zero-order valence-corrected chi connectivity index (χ0v) is 18.8. The van der Waals surface area contributed by atoms with Crippen LogP contribution in [0.4, 0.5) is 10.2 Å². The molecule has 1 fully saturated rings. The number of nitrogens with zero attached hydrogens (tertiary/aromatic N) is 3. The second kappa shape index (κ2) is 8.43. The zero-order valence-electron chi connectivity index (χ0n) is 16.6. The molecule has 6 nitrogen and oxygen atoms in total. The van der Waals surface area contributed by atoms with Crippen LogP contribution in [0.25, 0.3) is 16.7 Å². The van der Waals surface area contributed by atoms with Crippen molar-refractivity contribution in [2.24, 2.45) is 0 Å². The van der Waals surface area contributed by atoms with Crippen molar-refractivity contribution in [2.45, 2.75) is 18.8 Å². The Labute approximate surface area is 192 Å². The number of rotatable bonds is 4. The third kappa shape index (κ3) is 4.09. The molecule has 1 saturated heterocycles. The SMILES string of the molecule is Nc1ncnc2c(C3CCOCC3)cn(-c3ccc(Oc4cc(F)cc(I)c4)cc3)c12. The zero-order chi connectivity index (χ0) is 21.4. The highest BCUT2D eigenvalue weighted by Gasteiger charge is 2.23. The molecule has 0 spiro atoms. The molecule has 158 valence electrons. The van der Waals surface area contributed by atoms with E-state index in [4.69, 9.17) is 15.2 Å². The maximum Gasteiger partial charge on any atom is 0.151 e. The number of nitrogen functional groups attached to an aromatic ring is 1. The number of halogens is 2. The van der Waals surface area contributed by atoms with Crippen LogP contribution in [0.15, 0.2) is 55.0 Å². The van der Waals surface area contributed by atoms with E-state index in [9.17, 15) is 4.39 Å². The molecule has 0 atom stereocenters. The summed E-state index contributed by atoms with van der Waals surface area (Å²) in [6.45, 7) is 1.51. The Balaban J connectivity index is 1.50. The van der Waals surface area contributed by atoms with Crippen molar-refractivity contribution in [3.05, 3.63) is 69.9 Å². The Morgan fingerprint density at radius 3 is 2.58 bits per heavy atom. The van der Waals surface area contributed by atoms with E-state index in [1.165, 1.54) is 24.0 Å². The standard InChI is InChI=1S/C23H20FIN4O2/c24-15-9-16(25)11-19(10-15)31-18-3-1-17(2-4-18)29-12-20(14-5-7-30-8-6-14)21-22(29)23(26)28-13-27-21/h1-4,9-14H,5-8H2,(H2,26,27,28). The van der Waals surface area contributed by atoms with Crippen LogP contribution in [-0.4, -0.2) is 27.7 Å². The highest BCUT2D eigenvalue weighted by molar-refractivity contribution is 14.1. The van der Waals surface area contributed by atoms with Gasteiger partial charge in [0.1, 0.15) is 29.2 Å². The van der Waals surface area contributed by atoms with Crippen molar-refractivity contribution in [2.75, 3.05) is 18.9 Å². The predicted octanol–water partition coefficient (Wildman–Crippen LogP) is 5.43. The van der Waals surface area contributed by atoms with Crippen molar-refractivity contribution in [3.63, 3.8) is 0 Å². The van der Waals surface area contributed by atoms with E-state index in [1.807, 2.05) is 28.8 Å². The minimum absolute atomic E-state index is 0.326. The van der Waals surface area contributed by atoms with Gasteiger partial charge in [0.05, 0.1) is 5.52 Å². The Kier molecular flexibility index (Phi) is 5.49. The number of benzene rings is 2. The summed E-state index contributed by atoms with van der Waals surface area (Å²) in [4.78, 5) is 8.74. The third-order valence-electron chi connectivity index (χ3n) is 5.48. The predicted molar refractivity (Wildman–Crippen MR) is 125 cm³/mol. The van der Waals surface area contributed by atoms with Gasteiger partial charge in [-0.15, -0.1) is 0 Å². The quantitative estimate of drug-likeness (QED) is 0.356. The van der Waals surface area contributed by atoms with Gasteiger partial charge in [0.25, 0.3) is 0 Å². The molecule has 2 aromatic heterocycles. The molecule has 0 saturated carbocycles. The van der Waals surface area contributed by atoms with Crippen molar-refractivity contribution in [1.29, 1.82) is 0 Å². The minimum Gasteiger partial charge on any atom is -0.457 e. The van der Waals surface area contributed by atoms with Gasteiger partial charge in [0.15, 0.2) is 5.82 Å². The van der Waals surface area contributed by atoms with Gasteiger partial charge in [-0.3, -0.25) is 0 Å². The van der Waals surface area contributed by atoms with Crippen LogP contribution in [0.5, 0.6) is 11.5 Å². The summed E-state index contributed by atoms with van der Waals surface area (Å²) >= 11 is 2.06. The summed E-state index contributed by atoms with van der Waals surface area (Å²) in [6.07, 6.45) is 5.54. The van der Waals surface area contributed by atoms with E-state index >= 15 is 0 Å². The van der Waals surface area contributed by atoms with E-state index in [0.29, 0.717) is 23.2 Å². The van der Waals surface area contributed by atoms with Gasteiger partial charge in [0, 0.05) is 40.3 Å². The van der Waals surface area contributed by atoms with Gasteiger partial charge in [-0.25, -0.2) is 14.4 Å². The lowest BCUT2D eigenvalue weighted by molar-refractivity contribution is 0.0855. The summed E-state index contributed by atoms with van der Waals surface area (Å²) < 4.78 is 27.8. The summed E-state index contributed by atoms with van der Waals surface area (Å²) in [5.41, 5.74) is 10.0. The maximum atomic E-state index is 13.6. The topological polar surface area (TPSA) is 75.2 Å². The molecule has 0 bridgehead atoms. The molecular formula is C23H20FIN4O2. The maximum absolute atomic E-state index is 13.6. The molecule has 5 rings (SSSR count). The van der Waals surface area contributed by atoms with Gasteiger partial charge in [-0.1, -0.05) is 0 Å². The molecule has 31 heavy (non-hydrogen) atoms. The first kappa shape index (κ1) is 20.2. The largest absolute Gasteiger partial charge is 0.457 e. The molecule has 0 radical (unpaired) electrons. The van der Waals surface area contributed by atoms with E-state index in [2.05, 4.69) is 38.8 Å². The van der Waals surface area contributed by atoms with E-state index in [1.54, 1.807) is 6.07 Å². The second-order valence-electron chi connectivity index (χ2n) is 7.50. The first-order valence-electron chi connectivity index (χ1n) is 10.0. The van der Waals surface area contributed by atoms with Crippen LogP contribution in [0.3, 0.4) is 0 Å². The summed E-state index contributed by atoms with van der Waals surface area (Å²) in [5, 5.41) is 0. The van der Waals surface area contributed by atoms with E-state index in [0.717, 1.165) is 46.3 Å². The second-order valence-corrected chi connectivity index (χ2v) is 8.74. The lowest BCUT2D eigenvalue weighted by atomic mass is 9.93. The molecule has 3 heterocycles. The molecule has 1 aliphatic rings. The Morgan fingerprint density at radius 2 is 1.84 bits per heavy atom. The summed E-state index contributed by atoms with van der Waals surface area (Å²) in [7, 11) is 0. The van der Waals surface area contributed by atoms with Crippen LogP contribution in [0.2, 0.25) is 0 Å². The average Bonchev–Trinajstić information content (AvgIpc) is 3.15. The van der Waals surface area contributed by atoms with Crippen molar-refractivity contribution in [3.8, 4) is 17.2 Å². The van der Waals surface area contributed by atoms with Crippen molar-refractivity contribution < 1.29 is 13.9 Å². The molecule has 2 N–H and O–H groups in total. The molecule has 0 amide bonds. The Morgan fingerprint density at radius 1 is 1.06 bits per heavy atom. The van der Waals surface area contributed by atoms with Gasteiger partial charge in [-0.05, 0) is 77.7 Å². The van der Waals surface area contributed by atoms with Crippen molar-refractivity contribution >= 4 is 39.4 Å². The fraction of sp³-hybridized carbons (Fsp3) is 0.217. The Hall–Kier alpha value is -2.72. The van der Waals surface area contributed by atoms with Gasteiger partial charge in [0.2, 0.25) is 0 Å². The number of fused-ring (bicyclic) bond motifs is 1. The molecule has 4 aromatic rings. The number of ether oxygens (including phenoxy) is 2. The van der Waals surface area contributed by atoms with Gasteiger partial charge >= 0.3 is 0 Å². The average molecular weight is 530 g/mol. The molecule has 2 aromatic carbocycles.